The Morgan fingerprint density at radius 2 is 1.94 bits per heavy atom. The number of hydrogen-bond donors (Lipinski definition) is 2. The molecule has 2 aromatic carbocycles. The van der Waals surface area contributed by atoms with Crippen LogP contribution in [0.3, 0.4) is 0 Å². The van der Waals surface area contributed by atoms with Crippen molar-refractivity contribution in [3.63, 3.8) is 0 Å². The van der Waals surface area contributed by atoms with Crippen LogP contribution in [0.15, 0.2) is 93.2 Å². The zero-order chi connectivity index (χ0) is 23.5. The summed E-state index contributed by atoms with van der Waals surface area (Å²) in [6, 6.07) is 16.9. The van der Waals surface area contributed by atoms with Gasteiger partial charge in [0.2, 0.25) is 5.91 Å². The van der Waals surface area contributed by atoms with Gasteiger partial charge in [0, 0.05) is 21.5 Å². The first-order valence-electron chi connectivity index (χ1n) is 10.7. The lowest BCUT2D eigenvalue weighted by atomic mass is 10.1. The van der Waals surface area contributed by atoms with E-state index in [9.17, 15) is 9.59 Å². The van der Waals surface area contributed by atoms with E-state index in [0.717, 1.165) is 15.5 Å². The summed E-state index contributed by atoms with van der Waals surface area (Å²) >= 11 is 3.15. The number of amides is 3. The molecule has 5 rings (SSSR count). The van der Waals surface area contributed by atoms with Gasteiger partial charge in [-0.1, -0.05) is 47.7 Å². The Labute approximate surface area is 205 Å². The number of hydrogen-bond acceptors (Lipinski definition) is 6. The number of carbonyl (C=O) groups is 2. The van der Waals surface area contributed by atoms with Gasteiger partial charge in [0.25, 0.3) is 0 Å². The van der Waals surface area contributed by atoms with Crippen molar-refractivity contribution in [1.29, 1.82) is 0 Å². The van der Waals surface area contributed by atoms with Gasteiger partial charge in [-0.05, 0) is 37.3 Å². The Hall–Kier alpha value is -3.43. The average Bonchev–Trinajstić information content (AvgIpc) is 3.25. The minimum absolute atomic E-state index is 0.0636. The zero-order valence-electron chi connectivity index (χ0n) is 18.3. The summed E-state index contributed by atoms with van der Waals surface area (Å²) in [5.41, 5.74) is 1.57. The van der Waals surface area contributed by atoms with Gasteiger partial charge >= 0.3 is 6.03 Å². The predicted molar refractivity (Wildman–Crippen MR) is 137 cm³/mol. The van der Waals surface area contributed by atoms with E-state index in [1.807, 2.05) is 65.6 Å². The fourth-order valence-corrected chi connectivity index (χ4v) is 5.84. The monoisotopic (exact) mass is 490 g/mol. The number of anilines is 3. The van der Waals surface area contributed by atoms with Crippen molar-refractivity contribution in [1.82, 2.24) is 5.16 Å². The van der Waals surface area contributed by atoms with Crippen LogP contribution >= 0.6 is 23.5 Å². The molecule has 1 aliphatic carbocycles. The first kappa shape index (κ1) is 22.4. The Kier molecular flexibility index (Phi) is 6.46. The van der Waals surface area contributed by atoms with Crippen LogP contribution in [0.5, 0.6) is 0 Å². The van der Waals surface area contributed by atoms with Crippen LogP contribution in [0.25, 0.3) is 0 Å². The number of allylic oxidation sites excluding steroid dienone is 2. The summed E-state index contributed by atoms with van der Waals surface area (Å²) in [7, 11) is 0. The van der Waals surface area contributed by atoms with Gasteiger partial charge in [0.05, 0.1) is 22.7 Å². The van der Waals surface area contributed by atoms with Crippen molar-refractivity contribution in [2.24, 2.45) is 0 Å². The quantitative estimate of drug-likeness (QED) is 0.445. The molecular weight excluding hydrogens is 468 g/mol. The summed E-state index contributed by atoms with van der Waals surface area (Å²) in [6.45, 7) is 1.76. The van der Waals surface area contributed by atoms with Crippen molar-refractivity contribution < 1.29 is 14.1 Å². The SMILES string of the molecule is Cc1cc(NC(=O)CSc2cccc(NC(=O)N3c4ccccc4SC4C=CC=CC43)c2)no1. The number of carbonyl (C=O) groups excluding carboxylic acids is 2. The lowest BCUT2D eigenvalue weighted by Crippen LogP contribution is -2.49. The van der Waals surface area contributed by atoms with E-state index in [-0.39, 0.29) is 29.0 Å². The summed E-state index contributed by atoms with van der Waals surface area (Å²) < 4.78 is 4.96. The molecule has 2 atom stereocenters. The number of aromatic nitrogens is 1. The van der Waals surface area contributed by atoms with E-state index in [1.165, 1.54) is 11.8 Å². The molecule has 1 aliphatic heterocycles. The van der Waals surface area contributed by atoms with E-state index in [0.29, 0.717) is 17.3 Å². The largest absolute Gasteiger partial charge is 0.360 e. The third-order valence-corrected chi connectivity index (χ3v) is 7.61. The van der Waals surface area contributed by atoms with Crippen molar-refractivity contribution in [2.45, 2.75) is 28.0 Å². The van der Waals surface area contributed by atoms with Crippen LogP contribution in [0.2, 0.25) is 0 Å². The fraction of sp³-hybridized carbons (Fsp3) is 0.160. The van der Waals surface area contributed by atoms with E-state index >= 15 is 0 Å². The van der Waals surface area contributed by atoms with Crippen LogP contribution in [0.1, 0.15) is 5.76 Å². The first-order valence-corrected chi connectivity index (χ1v) is 12.6. The number of nitrogens with one attached hydrogen (secondary N) is 2. The lowest BCUT2D eigenvalue weighted by molar-refractivity contribution is -0.113. The molecule has 0 spiro atoms. The summed E-state index contributed by atoms with van der Waals surface area (Å²) in [5.74, 6) is 1.06. The summed E-state index contributed by atoms with van der Waals surface area (Å²) in [4.78, 5) is 29.4. The first-order chi connectivity index (χ1) is 16.6. The van der Waals surface area contributed by atoms with E-state index in [2.05, 4.69) is 27.9 Å². The third kappa shape index (κ3) is 4.90. The van der Waals surface area contributed by atoms with E-state index < -0.39 is 0 Å². The maximum absolute atomic E-state index is 13.4. The van der Waals surface area contributed by atoms with Crippen molar-refractivity contribution in [2.75, 3.05) is 21.3 Å². The van der Waals surface area contributed by atoms with Crippen LogP contribution < -0.4 is 15.5 Å². The highest BCUT2D eigenvalue weighted by Crippen LogP contribution is 2.43. The van der Waals surface area contributed by atoms with Crippen LogP contribution in [-0.4, -0.2) is 34.1 Å². The molecule has 2 N–H and O–H groups in total. The second kappa shape index (κ2) is 9.82. The molecule has 2 aliphatic rings. The molecule has 9 heteroatoms. The highest BCUT2D eigenvalue weighted by Gasteiger charge is 2.36. The third-order valence-electron chi connectivity index (χ3n) is 5.31. The molecule has 0 radical (unpaired) electrons. The molecule has 2 heterocycles. The lowest BCUT2D eigenvalue weighted by Gasteiger charge is -2.40. The van der Waals surface area contributed by atoms with E-state index in [1.54, 1.807) is 24.8 Å². The zero-order valence-corrected chi connectivity index (χ0v) is 19.9. The second-order valence-electron chi connectivity index (χ2n) is 7.80. The van der Waals surface area contributed by atoms with Gasteiger partial charge < -0.3 is 15.2 Å². The maximum atomic E-state index is 13.4. The molecule has 34 heavy (non-hydrogen) atoms. The van der Waals surface area contributed by atoms with Gasteiger partial charge in [-0.2, -0.15) is 0 Å². The average molecular weight is 491 g/mol. The van der Waals surface area contributed by atoms with Gasteiger partial charge in [0.15, 0.2) is 5.82 Å². The van der Waals surface area contributed by atoms with Gasteiger partial charge in [0.1, 0.15) is 5.76 Å². The number of nitrogens with zero attached hydrogens (tertiary/aromatic N) is 2. The smallest absolute Gasteiger partial charge is 0.326 e. The highest BCUT2D eigenvalue weighted by atomic mass is 32.2. The van der Waals surface area contributed by atoms with Crippen LogP contribution in [0.4, 0.5) is 22.0 Å². The van der Waals surface area contributed by atoms with Crippen molar-refractivity contribution in [3.05, 3.63) is 84.7 Å². The molecule has 1 aromatic heterocycles. The van der Waals surface area contributed by atoms with Gasteiger partial charge in [-0.25, -0.2) is 4.79 Å². The molecule has 172 valence electrons. The Balaban J connectivity index is 1.27. The molecule has 2 unspecified atom stereocenters. The summed E-state index contributed by atoms with van der Waals surface area (Å²) in [6.07, 6.45) is 8.21. The standard InChI is InChI=1S/C25H22N4O3S2/c1-16-13-23(28-32-16)27-24(30)15-33-18-8-6-7-17(14-18)26-25(31)29-19-9-2-4-11-21(19)34-22-12-5-3-10-20(22)29/h2-14,19,21H,15H2,1H3,(H,26,31)(H,27,28,30). The number of para-hydroxylation sites is 1. The number of urea groups is 1. The molecule has 0 bridgehead atoms. The number of thioether (sulfide) groups is 2. The number of aryl methyl sites for hydroxylation is 1. The summed E-state index contributed by atoms with van der Waals surface area (Å²) in [5, 5.41) is 9.68. The minimum Gasteiger partial charge on any atom is -0.360 e. The normalized spacial score (nSPS) is 18.2. The van der Waals surface area contributed by atoms with Gasteiger partial charge in [-0.3, -0.25) is 9.69 Å². The molecule has 3 aromatic rings. The van der Waals surface area contributed by atoms with E-state index in [4.69, 9.17) is 4.52 Å². The van der Waals surface area contributed by atoms with Crippen molar-refractivity contribution >= 4 is 52.7 Å². The number of fused-ring (bicyclic) bond motifs is 2. The Morgan fingerprint density at radius 1 is 1.09 bits per heavy atom. The van der Waals surface area contributed by atoms with Crippen LogP contribution in [0, 0.1) is 6.92 Å². The molecule has 7 nitrogen and oxygen atoms in total. The fourth-order valence-electron chi connectivity index (χ4n) is 3.83. The molecule has 0 saturated heterocycles. The Bertz CT molecular complexity index is 1290. The number of benzene rings is 2. The second-order valence-corrected chi connectivity index (χ2v) is 10.1. The van der Waals surface area contributed by atoms with Crippen molar-refractivity contribution in [3.8, 4) is 0 Å². The maximum Gasteiger partial charge on any atom is 0.326 e. The molecule has 0 fully saturated rings. The highest BCUT2D eigenvalue weighted by molar-refractivity contribution is 8.00. The predicted octanol–water partition coefficient (Wildman–Crippen LogP) is 5.72. The molecule has 3 amide bonds. The minimum atomic E-state index is -0.191. The van der Waals surface area contributed by atoms with Gasteiger partial charge in [-0.15, -0.1) is 23.5 Å². The van der Waals surface area contributed by atoms with Crippen LogP contribution in [-0.2, 0) is 4.79 Å². The number of rotatable bonds is 5. The Morgan fingerprint density at radius 3 is 2.79 bits per heavy atom. The molecule has 0 saturated carbocycles. The molecular formula is C25H22N4O3S2. The topological polar surface area (TPSA) is 87.5 Å².